The molecule has 0 aliphatic carbocycles. The van der Waals surface area contributed by atoms with E-state index in [1.54, 1.807) is 12.1 Å². The van der Waals surface area contributed by atoms with Crippen molar-refractivity contribution in [1.82, 2.24) is 10.1 Å². The first kappa shape index (κ1) is 13.2. The SMILES string of the molecule is CCC(N)Cc1noc(-c2cccc([N+](=O)[O-])c2)n1. The molecule has 2 rings (SSSR count). The van der Waals surface area contributed by atoms with Gasteiger partial charge in [-0.2, -0.15) is 4.98 Å². The Morgan fingerprint density at radius 3 is 3.00 bits per heavy atom. The predicted octanol–water partition coefficient (Wildman–Crippen LogP) is 1.92. The topological polar surface area (TPSA) is 108 Å². The molecule has 7 nitrogen and oxygen atoms in total. The van der Waals surface area contributed by atoms with Crippen LogP contribution in [-0.4, -0.2) is 21.1 Å². The Kier molecular flexibility index (Phi) is 3.86. The van der Waals surface area contributed by atoms with E-state index in [9.17, 15) is 10.1 Å². The Labute approximate surface area is 109 Å². The number of nitrogens with zero attached hydrogens (tertiary/aromatic N) is 3. The van der Waals surface area contributed by atoms with Crippen LogP contribution in [0.1, 0.15) is 19.2 Å². The molecule has 19 heavy (non-hydrogen) atoms. The Morgan fingerprint density at radius 1 is 1.53 bits per heavy atom. The highest BCUT2D eigenvalue weighted by atomic mass is 16.6. The summed E-state index contributed by atoms with van der Waals surface area (Å²) in [5, 5.41) is 14.5. The van der Waals surface area contributed by atoms with Crippen molar-refractivity contribution < 1.29 is 9.45 Å². The van der Waals surface area contributed by atoms with Gasteiger partial charge in [-0.25, -0.2) is 0 Å². The van der Waals surface area contributed by atoms with Gasteiger partial charge in [0.2, 0.25) is 0 Å². The van der Waals surface area contributed by atoms with Crippen molar-refractivity contribution in [3.05, 3.63) is 40.2 Å². The maximum atomic E-state index is 10.7. The van der Waals surface area contributed by atoms with Crippen LogP contribution in [0.5, 0.6) is 0 Å². The number of nitro groups is 1. The molecule has 0 saturated carbocycles. The first-order valence-corrected chi connectivity index (χ1v) is 5.93. The smallest absolute Gasteiger partial charge is 0.270 e. The van der Waals surface area contributed by atoms with Gasteiger partial charge in [0.1, 0.15) is 0 Å². The van der Waals surface area contributed by atoms with Crippen LogP contribution in [0.2, 0.25) is 0 Å². The monoisotopic (exact) mass is 262 g/mol. The number of aromatic nitrogens is 2. The second-order valence-electron chi connectivity index (χ2n) is 4.20. The minimum atomic E-state index is -0.465. The van der Waals surface area contributed by atoms with Crippen molar-refractivity contribution in [2.45, 2.75) is 25.8 Å². The zero-order valence-corrected chi connectivity index (χ0v) is 10.4. The summed E-state index contributed by atoms with van der Waals surface area (Å²) >= 11 is 0. The molecule has 0 spiro atoms. The van der Waals surface area contributed by atoms with Gasteiger partial charge in [-0.15, -0.1) is 0 Å². The summed E-state index contributed by atoms with van der Waals surface area (Å²) < 4.78 is 5.09. The van der Waals surface area contributed by atoms with E-state index < -0.39 is 4.92 Å². The Morgan fingerprint density at radius 2 is 2.32 bits per heavy atom. The molecule has 1 unspecified atom stereocenters. The summed E-state index contributed by atoms with van der Waals surface area (Å²) in [7, 11) is 0. The molecule has 0 amide bonds. The molecule has 2 aromatic rings. The number of benzene rings is 1. The number of nitro benzene ring substituents is 1. The van der Waals surface area contributed by atoms with Gasteiger partial charge in [-0.05, 0) is 12.5 Å². The van der Waals surface area contributed by atoms with Gasteiger partial charge in [-0.1, -0.05) is 18.1 Å². The van der Waals surface area contributed by atoms with Crippen LogP contribution in [0, 0.1) is 10.1 Å². The lowest BCUT2D eigenvalue weighted by Gasteiger charge is -2.02. The van der Waals surface area contributed by atoms with Crippen molar-refractivity contribution in [2.75, 3.05) is 0 Å². The molecule has 1 aromatic heterocycles. The minimum Gasteiger partial charge on any atom is -0.334 e. The van der Waals surface area contributed by atoms with Crippen LogP contribution in [0.4, 0.5) is 5.69 Å². The fourth-order valence-electron chi connectivity index (χ4n) is 1.59. The largest absolute Gasteiger partial charge is 0.334 e. The molecule has 0 bridgehead atoms. The molecule has 1 heterocycles. The zero-order valence-electron chi connectivity index (χ0n) is 10.4. The predicted molar refractivity (Wildman–Crippen MR) is 68.4 cm³/mol. The number of non-ortho nitro benzene ring substituents is 1. The molecule has 0 saturated heterocycles. The van der Waals surface area contributed by atoms with E-state index >= 15 is 0 Å². The molecule has 100 valence electrons. The Balaban J connectivity index is 2.22. The highest BCUT2D eigenvalue weighted by Crippen LogP contribution is 2.22. The molecule has 1 aromatic carbocycles. The van der Waals surface area contributed by atoms with Crippen LogP contribution < -0.4 is 5.73 Å². The van der Waals surface area contributed by atoms with E-state index in [0.717, 1.165) is 6.42 Å². The van der Waals surface area contributed by atoms with E-state index in [0.29, 0.717) is 17.8 Å². The molecule has 2 N–H and O–H groups in total. The molecule has 0 aliphatic heterocycles. The highest BCUT2D eigenvalue weighted by Gasteiger charge is 2.14. The van der Waals surface area contributed by atoms with Crippen LogP contribution in [0.3, 0.4) is 0 Å². The van der Waals surface area contributed by atoms with Crippen molar-refractivity contribution in [3.8, 4) is 11.5 Å². The maximum Gasteiger partial charge on any atom is 0.270 e. The van der Waals surface area contributed by atoms with Gasteiger partial charge in [-0.3, -0.25) is 10.1 Å². The van der Waals surface area contributed by atoms with E-state index in [4.69, 9.17) is 10.3 Å². The minimum absolute atomic E-state index is 0.0116. The van der Waals surface area contributed by atoms with Gasteiger partial charge in [0, 0.05) is 30.2 Å². The normalized spacial score (nSPS) is 12.3. The van der Waals surface area contributed by atoms with Gasteiger partial charge in [0.25, 0.3) is 11.6 Å². The average Bonchev–Trinajstić information content (AvgIpc) is 2.87. The summed E-state index contributed by atoms with van der Waals surface area (Å²) in [6.45, 7) is 1.98. The second-order valence-corrected chi connectivity index (χ2v) is 4.20. The van der Waals surface area contributed by atoms with Gasteiger partial charge < -0.3 is 10.3 Å². The lowest BCUT2D eigenvalue weighted by molar-refractivity contribution is -0.384. The number of hydrogen-bond acceptors (Lipinski definition) is 6. The lowest BCUT2D eigenvalue weighted by Crippen LogP contribution is -2.21. The molecule has 0 aliphatic rings. The Bertz CT molecular complexity index is 582. The van der Waals surface area contributed by atoms with Crippen molar-refractivity contribution >= 4 is 5.69 Å². The van der Waals surface area contributed by atoms with Crippen LogP contribution in [0.15, 0.2) is 28.8 Å². The number of rotatable bonds is 5. The van der Waals surface area contributed by atoms with Crippen molar-refractivity contribution in [1.29, 1.82) is 0 Å². The van der Waals surface area contributed by atoms with Gasteiger partial charge in [0.15, 0.2) is 5.82 Å². The van der Waals surface area contributed by atoms with Crippen LogP contribution >= 0.6 is 0 Å². The van der Waals surface area contributed by atoms with Gasteiger partial charge >= 0.3 is 0 Å². The van der Waals surface area contributed by atoms with E-state index in [1.165, 1.54) is 12.1 Å². The van der Waals surface area contributed by atoms with E-state index in [-0.39, 0.29) is 17.6 Å². The summed E-state index contributed by atoms with van der Waals surface area (Å²) in [6.07, 6.45) is 1.34. The summed E-state index contributed by atoms with van der Waals surface area (Å²) in [5.74, 6) is 0.776. The first-order chi connectivity index (χ1) is 9.10. The van der Waals surface area contributed by atoms with Crippen molar-refractivity contribution in [2.24, 2.45) is 5.73 Å². The molecule has 7 heteroatoms. The third kappa shape index (κ3) is 3.14. The molecule has 0 fully saturated rings. The highest BCUT2D eigenvalue weighted by molar-refractivity contribution is 5.57. The molecular weight excluding hydrogens is 248 g/mol. The van der Waals surface area contributed by atoms with E-state index in [2.05, 4.69) is 10.1 Å². The van der Waals surface area contributed by atoms with Crippen molar-refractivity contribution in [3.63, 3.8) is 0 Å². The van der Waals surface area contributed by atoms with Gasteiger partial charge in [0.05, 0.1) is 4.92 Å². The van der Waals surface area contributed by atoms with Crippen LogP contribution in [0.25, 0.3) is 11.5 Å². The van der Waals surface area contributed by atoms with E-state index in [1.807, 2.05) is 6.92 Å². The molecule has 1 atom stereocenters. The molecule has 0 radical (unpaired) electrons. The first-order valence-electron chi connectivity index (χ1n) is 5.93. The molecular formula is C12H14N4O3. The second kappa shape index (κ2) is 5.57. The zero-order chi connectivity index (χ0) is 13.8. The third-order valence-electron chi connectivity index (χ3n) is 2.74. The third-order valence-corrected chi connectivity index (χ3v) is 2.74. The Hall–Kier alpha value is -2.28. The summed E-state index contributed by atoms with van der Waals surface area (Å²) in [4.78, 5) is 14.4. The fraction of sp³-hybridized carbons (Fsp3) is 0.333. The fourth-order valence-corrected chi connectivity index (χ4v) is 1.59. The lowest BCUT2D eigenvalue weighted by atomic mass is 10.1. The quantitative estimate of drug-likeness (QED) is 0.651. The van der Waals surface area contributed by atoms with Crippen LogP contribution in [-0.2, 0) is 6.42 Å². The number of nitrogens with two attached hydrogens (primary N) is 1. The standard InChI is InChI=1S/C12H14N4O3/c1-2-9(13)7-11-14-12(19-15-11)8-4-3-5-10(6-8)16(17)18/h3-6,9H,2,7,13H2,1H3. The average molecular weight is 262 g/mol. The maximum absolute atomic E-state index is 10.7. The summed E-state index contributed by atoms with van der Waals surface area (Å²) in [5.41, 5.74) is 6.32. The summed E-state index contributed by atoms with van der Waals surface area (Å²) in [6, 6.07) is 6.06. The number of hydrogen-bond donors (Lipinski definition) is 1.